The van der Waals surface area contributed by atoms with Crippen molar-refractivity contribution in [2.75, 3.05) is 13.1 Å². The van der Waals surface area contributed by atoms with Gasteiger partial charge in [0.1, 0.15) is 0 Å². The molecule has 0 bridgehead atoms. The largest absolute Gasteiger partial charge is 0.331 e. The smallest absolute Gasteiger partial charge is 0.0951 e. The maximum Gasteiger partial charge on any atom is 0.0951 e. The van der Waals surface area contributed by atoms with Crippen molar-refractivity contribution in [3.05, 3.63) is 18.2 Å². The maximum absolute atomic E-state index is 4.49. The molecule has 0 spiro atoms. The lowest BCUT2D eigenvalue weighted by Crippen LogP contribution is -2.32. The number of nitrogens with one attached hydrogen (secondary N) is 1. The van der Waals surface area contributed by atoms with E-state index in [0.29, 0.717) is 6.04 Å². The first-order chi connectivity index (χ1) is 9.24. The van der Waals surface area contributed by atoms with Crippen LogP contribution in [0.3, 0.4) is 0 Å². The van der Waals surface area contributed by atoms with E-state index < -0.39 is 0 Å². The maximum atomic E-state index is 4.49. The SMILES string of the molecule is CCC1CCCCC1n1cncc1C1(C)CCNC1. The molecule has 1 aromatic rings. The molecule has 19 heavy (non-hydrogen) atoms. The molecule has 2 aliphatic rings. The van der Waals surface area contributed by atoms with E-state index >= 15 is 0 Å². The van der Waals surface area contributed by atoms with E-state index in [1.165, 1.54) is 44.2 Å². The molecule has 106 valence electrons. The molecule has 1 saturated heterocycles. The number of rotatable bonds is 3. The van der Waals surface area contributed by atoms with Crippen LogP contribution in [0.25, 0.3) is 0 Å². The average Bonchev–Trinajstić information content (AvgIpc) is 3.08. The van der Waals surface area contributed by atoms with Crippen molar-refractivity contribution in [1.29, 1.82) is 0 Å². The number of hydrogen-bond acceptors (Lipinski definition) is 2. The summed E-state index contributed by atoms with van der Waals surface area (Å²) in [6.07, 6.45) is 12.3. The van der Waals surface area contributed by atoms with E-state index in [1.807, 2.05) is 0 Å². The van der Waals surface area contributed by atoms with Crippen LogP contribution in [0.4, 0.5) is 0 Å². The Morgan fingerprint density at radius 3 is 3.00 bits per heavy atom. The van der Waals surface area contributed by atoms with E-state index in [-0.39, 0.29) is 5.41 Å². The summed E-state index contributed by atoms with van der Waals surface area (Å²) < 4.78 is 2.53. The Kier molecular flexibility index (Phi) is 3.66. The highest BCUT2D eigenvalue weighted by molar-refractivity contribution is 5.18. The zero-order valence-corrected chi connectivity index (χ0v) is 12.4. The fourth-order valence-corrected chi connectivity index (χ4v) is 4.10. The Hall–Kier alpha value is -0.830. The Balaban J connectivity index is 1.90. The summed E-state index contributed by atoms with van der Waals surface area (Å²) in [5.74, 6) is 0.847. The van der Waals surface area contributed by atoms with Crippen LogP contribution in [-0.4, -0.2) is 22.6 Å². The van der Waals surface area contributed by atoms with E-state index in [4.69, 9.17) is 0 Å². The Morgan fingerprint density at radius 1 is 1.42 bits per heavy atom. The molecule has 3 rings (SSSR count). The van der Waals surface area contributed by atoms with Crippen LogP contribution < -0.4 is 5.32 Å². The Morgan fingerprint density at radius 2 is 2.26 bits per heavy atom. The van der Waals surface area contributed by atoms with Crippen molar-refractivity contribution in [3.8, 4) is 0 Å². The normalized spacial score (nSPS) is 35.7. The van der Waals surface area contributed by atoms with Crippen LogP contribution in [0, 0.1) is 5.92 Å². The number of imidazole rings is 1. The van der Waals surface area contributed by atoms with Gasteiger partial charge in [-0.25, -0.2) is 4.98 Å². The van der Waals surface area contributed by atoms with Crippen molar-refractivity contribution in [2.45, 2.75) is 63.8 Å². The molecule has 2 fully saturated rings. The van der Waals surface area contributed by atoms with Gasteiger partial charge in [-0.05, 0) is 31.7 Å². The molecule has 1 N–H and O–H groups in total. The van der Waals surface area contributed by atoms with Gasteiger partial charge in [0.25, 0.3) is 0 Å². The van der Waals surface area contributed by atoms with E-state index in [1.54, 1.807) is 0 Å². The van der Waals surface area contributed by atoms with E-state index in [2.05, 4.69) is 41.2 Å². The molecule has 1 saturated carbocycles. The number of nitrogens with zero attached hydrogens (tertiary/aromatic N) is 2. The Labute approximate surface area is 116 Å². The van der Waals surface area contributed by atoms with Crippen molar-refractivity contribution >= 4 is 0 Å². The minimum absolute atomic E-state index is 0.284. The van der Waals surface area contributed by atoms with Gasteiger partial charge in [-0.2, -0.15) is 0 Å². The molecule has 1 aliphatic heterocycles. The summed E-state index contributed by atoms with van der Waals surface area (Å²) in [6, 6.07) is 0.689. The molecule has 3 unspecified atom stereocenters. The van der Waals surface area contributed by atoms with Gasteiger partial charge in [-0.1, -0.05) is 33.1 Å². The highest BCUT2D eigenvalue weighted by Crippen LogP contribution is 2.39. The van der Waals surface area contributed by atoms with Gasteiger partial charge in [0.2, 0.25) is 0 Å². The van der Waals surface area contributed by atoms with Gasteiger partial charge in [-0.15, -0.1) is 0 Å². The standard InChI is InChI=1S/C16H27N3/c1-3-13-6-4-5-7-14(13)19-12-18-10-15(19)16(2)8-9-17-11-16/h10,12-14,17H,3-9,11H2,1-2H3. The minimum atomic E-state index is 0.284. The van der Waals surface area contributed by atoms with Crippen LogP contribution in [0.1, 0.15) is 64.1 Å². The van der Waals surface area contributed by atoms with Crippen LogP contribution in [-0.2, 0) is 5.41 Å². The highest BCUT2D eigenvalue weighted by Gasteiger charge is 2.36. The van der Waals surface area contributed by atoms with Gasteiger partial charge < -0.3 is 9.88 Å². The molecule has 3 atom stereocenters. The van der Waals surface area contributed by atoms with Gasteiger partial charge >= 0.3 is 0 Å². The van der Waals surface area contributed by atoms with Crippen molar-refractivity contribution in [3.63, 3.8) is 0 Å². The van der Waals surface area contributed by atoms with Crippen LogP contribution in [0.15, 0.2) is 12.5 Å². The second kappa shape index (κ2) is 5.28. The predicted octanol–water partition coefficient (Wildman–Crippen LogP) is 3.28. The summed E-state index contributed by atoms with van der Waals surface area (Å²) in [5, 5.41) is 3.52. The molecule has 2 heterocycles. The van der Waals surface area contributed by atoms with Crippen molar-refractivity contribution in [2.24, 2.45) is 5.92 Å². The van der Waals surface area contributed by atoms with Crippen LogP contribution in [0.2, 0.25) is 0 Å². The topological polar surface area (TPSA) is 29.9 Å². The molecule has 3 nitrogen and oxygen atoms in total. The molecule has 1 aliphatic carbocycles. The summed E-state index contributed by atoms with van der Waals surface area (Å²) in [5.41, 5.74) is 1.74. The predicted molar refractivity (Wildman–Crippen MR) is 78.4 cm³/mol. The van der Waals surface area contributed by atoms with Crippen LogP contribution >= 0.6 is 0 Å². The van der Waals surface area contributed by atoms with Crippen molar-refractivity contribution in [1.82, 2.24) is 14.9 Å². The van der Waals surface area contributed by atoms with Gasteiger partial charge in [0.05, 0.1) is 6.33 Å². The second-order valence-electron chi connectivity index (χ2n) is 6.69. The molecule has 0 radical (unpaired) electrons. The van der Waals surface area contributed by atoms with Gasteiger partial charge in [0, 0.05) is 29.9 Å². The average molecular weight is 261 g/mol. The highest BCUT2D eigenvalue weighted by atomic mass is 15.1. The fourth-order valence-electron chi connectivity index (χ4n) is 4.10. The third kappa shape index (κ3) is 2.33. The molecular formula is C16H27N3. The first-order valence-corrected chi connectivity index (χ1v) is 7.97. The lowest BCUT2D eigenvalue weighted by Gasteiger charge is -2.35. The zero-order valence-electron chi connectivity index (χ0n) is 12.4. The second-order valence-corrected chi connectivity index (χ2v) is 6.69. The van der Waals surface area contributed by atoms with Gasteiger partial charge in [-0.3, -0.25) is 0 Å². The molecular weight excluding hydrogens is 234 g/mol. The summed E-state index contributed by atoms with van der Waals surface area (Å²) in [4.78, 5) is 4.49. The summed E-state index contributed by atoms with van der Waals surface area (Å²) >= 11 is 0. The molecule has 3 heteroatoms. The third-order valence-electron chi connectivity index (χ3n) is 5.40. The lowest BCUT2D eigenvalue weighted by molar-refractivity contribution is 0.222. The number of hydrogen-bond donors (Lipinski definition) is 1. The Bertz CT molecular complexity index is 417. The van der Waals surface area contributed by atoms with Crippen molar-refractivity contribution < 1.29 is 0 Å². The third-order valence-corrected chi connectivity index (χ3v) is 5.40. The molecule has 0 amide bonds. The first kappa shape index (κ1) is 13.2. The summed E-state index contributed by atoms with van der Waals surface area (Å²) in [7, 11) is 0. The quantitative estimate of drug-likeness (QED) is 0.905. The minimum Gasteiger partial charge on any atom is -0.331 e. The number of aromatic nitrogens is 2. The van der Waals surface area contributed by atoms with Crippen LogP contribution in [0.5, 0.6) is 0 Å². The monoisotopic (exact) mass is 261 g/mol. The molecule has 0 aromatic carbocycles. The first-order valence-electron chi connectivity index (χ1n) is 7.97. The fraction of sp³-hybridized carbons (Fsp3) is 0.812. The van der Waals surface area contributed by atoms with E-state index in [9.17, 15) is 0 Å². The van der Waals surface area contributed by atoms with E-state index in [0.717, 1.165) is 19.0 Å². The summed E-state index contributed by atoms with van der Waals surface area (Å²) in [6.45, 7) is 6.98. The van der Waals surface area contributed by atoms with Gasteiger partial charge in [0.15, 0.2) is 0 Å². The lowest BCUT2D eigenvalue weighted by atomic mass is 9.81. The molecule has 1 aromatic heterocycles. The zero-order chi connectivity index (χ0) is 13.3.